The van der Waals surface area contributed by atoms with Gasteiger partial charge in [-0.05, 0) is 49.5 Å². The van der Waals surface area contributed by atoms with Gasteiger partial charge in [0, 0.05) is 18.0 Å². The Bertz CT molecular complexity index is 656. The van der Waals surface area contributed by atoms with E-state index in [2.05, 4.69) is 9.97 Å². The van der Waals surface area contributed by atoms with Crippen LogP contribution in [-0.4, -0.2) is 25.6 Å². The van der Waals surface area contributed by atoms with Crippen LogP contribution in [0.5, 0.6) is 0 Å². The zero-order chi connectivity index (χ0) is 13.9. The van der Waals surface area contributed by atoms with Gasteiger partial charge < -0.3 is 5.11 Å². The fraction of sp³-hybridized carbons (Fsp3) is 0.267. The number of rotatable bonds is 3. The number of aryl methyl sites for hydroxylation is 1. The van der Waals surface area contributed by atoms with Crippen LogP contribution in [0.2, 0.25) is 0 Å². The third kappa shape index (κ3) is 2.47. The van der Waals surface area contributed by atoms with E-state index in [4.69, 9.17) is 5.11 Å². The topological polar surface area (TPSA) is 68.0 Å². The number of pyridine rings is 1. The van der Waals surface area contributed by atoms with E-state index in [1.807, 2.05) is 23.0 Å². The van der Waals surface area contributed by atoms with Crippen LogP contribution >= 0.6 is 0 Å². The minimum atomic E-state index is -0.960. The molecule has 0 aliphatic heterocycles. The van der Waals surface area contributed by atoms with Crippen LogP contribution in [0, 0.1) is 0 Å². The Morgan fingerprint density at radius 1 is 1.25 bits per heavy atom. The summed E-state index contributed by atoms with van der Waals surface area (Å²) < 4.78 is 2.03. The molecule has 2 aromatic rings. The fourth-order valence-corrected chi connectivity index (χ4v) is 2.47. The molecule has 0 saturated heterocycles. The van der Waals surface area contributed by atoms with E-state index in [-0.39, 0.29) is 0 Å². The number of hydrogen-bond donors (Lipinski definition) is 1. The Morgan fingerprint density at radius 3 is 2.85 bits per heavy atom. The molecule has 5 nitrogen and oxygen atoms in total. The van der Waals surface area contributed by atoms with Crippen LogP contribution in [0.3, 0.4) is 0 Å². The molecule has 0 fully saturated rings. The molecule has 2 aromatic heterocycles. The van der Waals surface area contributed by atoms with Crippen molar-refractivity contribution in [2.45, 2.75) is 25.7 Å². The highest BCUT2D eigenvalue weighted by atomic mass is 16.4. The smallest absolute Gasteiger partial charge is 0.328 e. The maximum absolute atomic E-state index is 10.5. The maximum atomic E-state index is 10.5. The zero-order valence-electron chi connectivity index (χ0n) is 11.0. The molecule has 102 valence electrons. The second kappa shape index (κ2) is 5.28. The summed E-state index contributed by atoms with van der Waals surface area (Å²) in [6.07, 6.45) is 10.6. The highest BCUT2D eigenvalue weighted by Gasteiger charge is 2.16. The van der Waals surface area contributed by atoms with Crippen molar-refractivity contribution < 1.29 is 9.90 Å². The molecule has 0 bridgehead atoms. The van der Waals surface area contributed by atoms with Crippen molar-refractivity contribution in [3.63, 3.8) is 0 Å². The van der Waals surface area contributed by atoms with Crippen LogP contribution in [0.4, 0.5) is 0 Å². The summed E-state index contributed by atoms with van der Waals surface area (Å²) in [6, 6.07) is 3.75. The number of carbonyl (C=O) groups is 1. The highest BCUT2D eigenvalue weighted by molar-refractivity contribution is 5.85. The normalized spacial score (nSPS) is 14.4. The van der Waals surface area contributed by atoms with Gasteiger partial charge in [-0.25, -0.2) is 14.8 Å². The molecular weight excluding hydrogens is 254 g/mol. The predicted molar refractivity (Wildman–Crippen MR) is 74.7 cm³/mol. The first kappa shape index (κ1) is 12.6. The molecular formula is C15H15N3O2. The number of hydrogen-bond acceptors (Lipinski definition) is 3. The molecule has 5 heteroatoms. The summed E-state index contributed by atoms with van der Waals surface area (Å²) >= 11 is 0. The summed E-state index contributed by atoms with van der Waals surface area (Å²) in [5, 5.41) is 8.59. The van der Waals surface area contributed by atoms with E-state index in [1.165, 1.54) is 30.3 Å². The van der Waals surface area contributed by atoms with Crippen LogP contribution in [0.15, 0.2) is 30.7 Å². The van der Waals surface area contributed by atoms with Crippen molar-refractivity contribution in [3.8, 4) is 5.82 Å². The standard InChI is InChI=1S/C15H15N3O2/c19-15(20)8-6-11-5-7-14(16-9-11)18-10-17-12-3-1-2-4-13(12)18/h5-10H,1-4H2,(H,19,20)/b8-6+. The van der Waals surface area contributed by atoms with Crippen LogP contribution in [0.1, 0.15) is 29.8 Å². The molecule has 0 atom stereocenters. The molecule has 1 aliphatic carbocycles. The van der Waals surface area contributed by atoms with Crippen molar-refractivity contribution in [3.05, 3.63) is 47.7 Å². The Morgan fingerprint density at radius 2 is 2.10 bits per heavy atom. The Balaban J connectivity index is 1.88. The Kier molecular flexibility index (Phi) is 3.33. The summed E-state index contributed by atoms with van der Waals surface area (Å²) in [5.74, 6) is -0.133. The largest absolute Gasteiger partial charge is 0.478 e. The van der Waals surface area contributed by atoms with Crippen molar-refractivity contribution in [1.82, 2.24) is 14.5 Å². The molecule has 1 aliphatic rings. The minimum absolute atomic E-state index is 0.769. The molecule has 0 spiro atoms. The Hall–Kier alpha value is -2.43. The second-order valence-corrected chi connectivity index (χ2v) is 4.84. The van der Waals surface area contributed by atoms with Gasteiger partial charge in [0.25, 0.3) is 0 Å². The summed E-state index contributed by atoms with van der Waals surface area (Å²) in [5.41, 5.74) is 3.19. The summed E-state index contributed by atoms with van der Waals surface area (Å²) in [4.78, 5) is 19.3. The molecule has 0 aromatic carbocycles. The van der Waals surface area contributed by atoms with Crippen molar-refractivity contribution in [2.75, 3.05) is 0 Å². The number of carboxylic acids is 1. The van der Waals surface area contributed by atoms with Crippen LogP contribution in [-0.2, 0) is 17.6 Å². The highest BCUT2D eigenvalue weighted by Crippen LogP contribution is 2.22. The van der Waals surface area contributed by atoms with Gasteiger partial charge in [0.1, 0.15) is 12.1 Å². The lowest BCUT2D eigenvalue weighted by Gasteiger charge is -2.13. The fourth-order valence-electron chi connectivity index (χ4n) is 2.47. The average Bonchev–Trinajstić information content (AvgIpc) is 2.89. The molecule has 1 N–H and O–H groups in total. The zero-order valence-corrected chi connectivity index (χ0v) is 11.0. The molecule has 3 rings (SSSR count). The van der Waals surface area contributed by atoms with Crippen LogP contribution in [0.25, 0.3) is 11.9 Å². The Labute approximate surface area is 116 Å². The second-order valence-electron chi connectivity index (χ2n) is 4.84. The minimum Gasteiger partial charge on any atom is -0.478 e. The quantitative estimate of drug-likeness (QED) is 0.868. The number of aliphatic carboxylic acids is 1. The molecule has 0 radical (unpaired) electrons. The first-order chi connectivity index (χ1) is 9.74. The first-order valence-corrected chi connectivity index (χ1v) is 6.66. The van der Waals surface area contributed by atoms with Crippen molar-refractivity contribution in [1.29, 1.82) is 0 Å². The monoisotopic (exact) mass is 269 g/mol. The number of imidazole rings is 1. The molecule has 0 unspecified atom stereocenters. The maximum Gasteiger partial charge on any atom is 0.328 e. The first-order valence-electron chi connectivity index (χ1n) is 6.66. The van der Waals surface area contributed by atoms with E-state index in [1.54, 1.807) is 6.20 Å². The van der Waals surface area contributed by atoms with E-state index < -0.39 is 5.97 Å². The van der Waals surface area contributed by atoms with Gasteiger partial charge in [-0.3, -0.25) is 4.57 Å². The van der Waals surface area contributed by atoms with E-state index in [9.17, 15) is 4.79 Å². The molecule has 2 heterocycles. The van der Waals surface area contributed by atoms with Gasteiger partial charge in [-0.2, -0.15) is 0 Å². The van der Waals surface area contributed by atoms with Gasteiger partial charge in [-0.15, -0.1) is 0 Å². The van der Waals surface area contributed by atoms with E-state index >= 15 is 0 Å². The van der Waals surface area contributed by atoms with E-state index in [0.29, 0.717) is 0 Å². The number of fused-ring (bicyclic) bond motifs is 1. The average molecular weight is 269 g/mol. The van der Waals surface area contributed by atoms with Gasteiger partial charge in [-0.1, -0.05) is 0 Å². The van der Waals surface area contributed by atoms with E-state index in [0.717, 1.165) is 30.3 Å². The summed E-state index contributed by atoms with van der Waals surface area (Å²) in [7, 11) is 0. The summed E-state index contributed by atoms with van der Waals surface area (Å²) in [6.45, 7) is 0. The number of carboxylic acid groups (broad SMARTS) is 1. The van der Waals surface area contributed by atoms with Gasteiger partial charge in [0.15, 0.2) is 0 Å². The lowest BCUT2D eigenvalue weighted by molar-refractivity contribution is -0.131. The lowest BCUT2D eigenvalue weighted by atomic mass is 10.0. The predicted octanol–water partition coefficient (Wildman–Crippen LogP) is 2.24. The molecule has 0 saturated carbocycles. The van der Waals surface area contributed by atoms with Gasteiger partial charge in [0.2, 0.25) is 0 Å². The van der Waals surface area contributed by atoms with Gasteiger partial charge in [0.05, 0.1) is 5.69 Å². The molecule has 0 amide bonds. The number of nitrogens with zero attached hydrogens (tertiary/aromatic N) is 3. The molecule has 20 heavy (non-hydrogen) atoms. The number of aromatic nitrogens is 3. The van der Waals surface area contributed by atoms with Crippen molar-refractivity contribution >= 4 is 12.0 Å². The third-order valence-electron chi connectivity index (χ3n) is 3.47. The van der Waals surface area contributed by atoms with Crippen LogP contribution < -0.4 is 0 Å². The SMILES string of the molecule is O=C(O)/C=C/c1ccc(-n2cnc3c2CCCC3)nc1. The lowest BCUT2D eigenvalue weighted by Crippen LogP contribution is -2.07. The third-order valence-corrected chi connectivity index (χ3v) is 3.47. The van der Waals surface area contributed by atoms with Gasteiger partial charge >= 0.3 is 5.97 Å². The van der Waals surface area contributed by atoms with Crippen molar-refractivity contribution in [2.24, 2.45) is 0 Å².